The first-order valence-corrected chi connectivity index (χ1v) is 9.34. The molecule has 0 aromatic carbocycles. The van der Waals surface area contributed by atoms with E-state index in [9.17, 15) is 9.59 Å². The maximum atomic E-state index is 12.5. The summed E-state index contributed by atoms with van der Waals surface area (Å²) in [5, 5.41) is 5.76. The van der Waals surface area contributed by atoms with Gasteiger partial charge in [-0.15, -0.1) is 0 Å². The molecule has 1 rings (SSSR count). The van der Waals surface area contributed by atoms with Crippen LogP contribution in [0.2, 0.25) is 0 Å². The number of hydrogen-bond acceptors (Lipinski definition) is 3. The Bertz CT molecular complexity index is 415. The summed E-state index contributed by atoms with van der Waals surface area (Å²) in [5.41, 5.74) is -0.484. The van der Waals surface area contributed by atoms with Gasteiger partial charge in [-0.25, -0.2) is 4.79 Å². The quantitative estimate of drug-likeness (QED) is 0.724. The normalized spacial score (nSPS) is 24.5. The molecular formula is C19H36N2O3. The predicted octanol–water partition coefficient (Wildman–Crippen LogP) is 3.73. The average Bonchev–Trinajstić information content (AvgIpc) is 2.44. The van der Waals surface area contributed by atoms with E-state index in [-0.39, 0.29) is 11.8 Å². The minimum Gasteiger partial charge on any atom is -0.444 e. The molecule has 0 bridgehead atoms. The van der Waals surface area contributed by atoms with Gasteiger partial charge in [0.1, 0.15) is 5.60 Å². The van der Waals surface area contributed by atoms with Crippen LogP contribution in [0, 0.1) is 23.7 Å². The maximum absolute atomic E-state index is 12.5. The van der Waals surface area contributed by atoms with Crippen LogP contribution < -0.4 is 10.6 Å². The van der Waals surface area contributed by atoms with E-state index in [2.05, 4.69) is 31.4 Å². The van der Waals surface area contributed by atoms with Crippen molar-refractivity contribution in [3.05, 3.63) is 0 Å². The predicted molar refractivity (Wildman–Crippen MR) is 96.7 cm³/mol. The second-order valence-electron chi connectivity index (χ2n) is 8.51. The Balaban J connectivity index is 2.28. The van der Waals surface area contributed by atoms with Crippen molar-refractivity contribution in [1.82, 2.24) is 10.6 Å². The summed E-state index contributed by atoms with van der Waals surface area (Å²) in [6.45, 7) is 13.3. The van der Waals surface area contributed by atoms with Crippen LogP contribution in [0.5, 0.6) is 0 Å². The summed E-state index contributed by atoms with van der Waals surface area (Å²) in [4.78, 5) is 24.1. The lowest BCUT2D eigenvalue weighted by Gasteiger charge is -2.36. The second kappa shape index (κ2) is 9.28. The van der Waals surface area contributed by atoms with Crippen LogP contribution in [0.1, 0.15) is 67.2 Å². The molecule has 0 heterocycles. The van der Waals surface area contributed by atoms with Gasteiger partial charge in [0.2, 0.25) is 5.91 Å². The Hall–Kier alpha value is -1.26. The molecule has 0 saturated heterocycles. The van der Waals surface area contributed by atoms with Crippen LogP contribution in [0.25, 0.3) is 0 Å². The number of amides is 2. The zero-order chi connectivity index (χ0) is 18.3. The molecule has 24 heavy (non-hydrogen) atoms. The maximum Gasteiger partial charge on any atom is 0.407 e. The van der Waals surface area contributed by atoms with Gasteiger partial charge in [-0.1, -0.05) is 27.2 Å². The van der Waals surface area contributed by atoms with E-state index in [0.29, 0.717) is 37.3 Å². The van der Waals surface area contributed by atoms with E-state index in [1.165, 1.54) is 6.42 Å². The molecule has 5 nitrogen and oxygen atoms in total. The average molecular weight is 341 g/mol. The molecule has 0 aromatic heterocycles. The third kappa shape index (κ3) is 7.54. The summed E-state index contributed by atoms with van der Waals surface area (Å²) in [6.07, 6.45) is 3.67. The van der Waals surface area contributed by atoms with Crippen LogP contribution in [-0.2, 0) is 9.53 Å². The Morgan fingerprint density at radius 1 is 1.12 bits per heavy atom. The summed E-state index contributed by atoms with van der Waals surface area (Å²) >= 11 is 0. The highest BCUT2D eigenvalue weighted by Crippen LogP contribution is 2.38. The zero-order valence-electron chi connectivity index (χ0n) is 16.3. The van der Waals surface area contributed by atoms with Crippen molar-refractivity contribution < 1.29 is 14.3 Å². The fourth-order valence-electron chi connectivity index (χ4n) is 3.44. The van der Waals surface area contributed by atoms with Gasteiger partial charge in [-0.05, 0) is 57.8 Å². The molecular weight excluding hydrogens is 304 g/mol. The number of carbonyl (C=O) groups excluding carboxylic acids is 2. The Kier molecular flexibility index (Phi) is 8.04. The SMILES string of the molecule is CC1CC[C@@H](C(C)C)C(C(=O)NCCCNC(=O)OC(C)(C)C)C1. The summed E-state index contributed by atoms with van der Waals surface area (Å²) in [5.74, 6) is 1.97. The minimum atomic E-state index is -0.484. The fraction of sp³-hybridized carbons (Fsp3) is 0.895. The van der Waals surface area contributed by atoms with Crippen molar-refractivity contribution in [3.63, 3.8) is 0 Å². The first kappa shape index (κ1) is 20.8. The smallest absolute Gasteiger partial charge is 0.407 e. The highest BCUT2D eigenvalue weighted by Gasteiger charge is 2.35. The van der Waals surface area contributed by atoms with E-state index in [1.807, 2.05) is 20.8 Å². The molecule has 5 heteroatoms. The molecule has 1 fully saturated rings. The summed E-state index contributed by atoms with van der Waals surface area (Å²) < 4.78 is 5.18. The molecule has 2 unspecified atom stereocenters. The van der Waals surface area contributed by atoms with Gasteiger partial charge in [0.15, 0.2) is 0 Å². The highest BCUT2D eigenvalue weighted by atomic mass is 16.6. The Labute approximate surface area is 147 Å². The molecule has 0 spiro atoms. The Morgan fingerprint density at radius 2 is 1.75 bits per heavy atom. The van der Waals surface area contributed by atoms with E-state index >= 15 is 0 Å². The minimum absolute atomic E-state index is 0.132. The van der Waals surface area contributed by atoms with Gasteiger partial charge in [0, 0.05) is 19.0 Å². The molecule has 140 valence electrons. The van der Waals surface area contributed by atoms with Crippen molar-refractivity contribution in [2.45, 2.75) is 72.8 Å². The van der Waals surface area contributed by atoms with E-state index < -0.39 is 11.7 Å². The summed E-state index contributed by atoms with van der Waals surface area (Å²) in [6, 6.07) is 0. The van der Waals surface area contributed by atoms with Gasteiger partial charge >= 0.3 is 6.09 Å². The van der Waals surface area contributed by atoms with E-state index in [4.69, 9.17) is 4.74 Å². The highest BCUT2D eigenvalue weighted by molar-refractivity contribution is 5.79. The zero-order valence-corrected chi connectivity index (χ0v) is 16.3. The third-order valence-electron chi connectivity index (χ3n) is 4.68. The van der Waals surface area contributed by atoms with Crippen LogP contribution in [0.4, 0.5) is 4.79 Å². The van der Waals surface area contributed by atoms with Crippen LogP contribution >= 0.6 is 0 Å². The monoisotopic (exact) mass is 340 g/mol. The number of rotatable bonds is 6. The van der Waals surface area contributed by atoms with E-state index in [1.54, 1.807) is 0 Å². The largest absolute Gasteiger partial charge is 0.444 e. The van der Waals surface area contributed by atoms with E-state index in [0.717, 1.165) is 12.8 Å². The van der Waals surface area contributed by atoms with Crippen LogP contribution in [-0.4, -0.2) is 30.7 Å². The number of alkyl carbamates (subject to hydrolysis) is 1. The van der Waals surface area contributed by atoms with Gasteiger partial charge < -0.3 is 15.4 Å². The number of hydrogen-bond donors (Lipinski definition) is 2. The van der Waals surface area contributed by atoms with Gasteiger partial charge in [-0.3, -0.25) is 4.79 Å². The van der Waals surface area contributed by atoms with Crippen LogP contribution in [0.3, 0.4) is 0 Å². The topological polar surface area (TPSA) is 67.4 Å². The molecule has 1 saturated carbocycles. The lowest BCUT2D eigenvalue weighted by Crippen LogP contribution is -2.41. The third-order valence-corrected chi connectivity index (χ3v) is 4.68. The van der Waals surface area contributed by atoms with Crippen molar-refractivity contribution >= 4 is 12.0 Å². The second-order valence-corrected chi connectivity index (χ2v) is 8.51. The lowest BCUT2D eigenvalue weighted by molar-refractivity contribution is -0.129. The van der Waals surface area contributed by atoms with Crippen LogP contribution in [0.15, 0.2) is 0 Å². The molecule has 0 aromatic rings. The number of nitrogens with one attached hydrogen (secondary N) is 2. The first-order valence-electron chi connectivity index (χ1n) is 9.34. The molecule has 0 aliphatic heterocycles. The van der Waals surface area contributed by atoms with Gasteiger partial charge in [-0.2, -0.15) is 0 Å². The summed E-state index contributed by atoms with van der Waals surface area (Å²) in [7, 11) is 0. The standard InChI is InChI=1S/C19H36N2O3/c1-13(2)15-9-8-14(3)12-16(15)17(22)20-10-7-11-21-18(23)24-19(4,5)6/h13-16H,7-12H2,1-6H3,(H,20,22)(H,21,23)/t14?,15-,16?/m0/s1. The van der Waals surface area contributed by atoms with Gasteiger partial charge in [0.05, 0.1) is 0 Å². The fourth-order valence-corrected chi connectivity index (χ4v) is 3.44. The Morgan fingerprint density at radius 3 is 2.33 bits per heavy atom. The molecule has 2 amide bonds. The van der Waals surface area contributed by atoms with Crippen molar-refractivity contribution in [2.24, 2.45) is 23.7 Å². The molecule has 1 aliphatic carbocycles. The molecule has 1 aliphatic rings. The van der Waals surface area contributed by atoms with Crippen molar-refractivity contribution in [1.29, 1.82) is 0 Å². The first-order chi connectivity index (χ1) is 11.1. The molecule has 3 atom stereocenters. The van der Waals surface area contributed by atoms with Gasteiger partial charge in [0.25, 0.3) is 0 Å². The number of ether oxygens (including phenoxy) is 1. The molecule has 0 radical (unpaired) electrons. The lowest BCUT2D eigenvalue weighted by atomic mass is 9.70. The number of carbonyl (C=O) groups is 2. The van der Waals surface area contributed by atoms with Crippen molar-refractivity contribution in [3.8, 4) is 0 Å². The van der Waals surface area contributed by atoms with Crippen molar-refractivity contribution in [2.75, 3.05) is 13.1 Å². The molecule has 2 N–H and O–H groups in total.